The van der Waals surface area contributed by atoms with E-state index in [1.54, 1.807) is 4.90 Å². The van der Waals surface area contributed by atoms with Crippen LogP contribution >= 0.6 is 0 Å². The largest absolute Gasteiger partial charge is 0.351 e. The Labute approximate surface area is 133 Å². The fourth-order valence-electron chi connectivity index (χ4n) is 3.30. The summed E-state index contributed by atoms with van der Waals surface area (Å²) in [6, 6.07) is 15.4. The van der Waals surface area contributed by atoms with Gasteiger partial charge in [0, 0.05) is 36.6 Å². The van der Waals surface area contributed by atoms with Gasteiger partial charge < -0.3 is 14.3 Å². The normalized spacial score (nSPS) is 16.6. The maximum Gasteiger partial charge on any atom is 0.258 e. The number of rotatable bonds is 2. The molecule has 1 aliphatic heterocycles. The van der Waals surface area contributed by atoms with Crippen molar-refractivity contribution in [3.8, 4) is 0 Å². The van der Waals surface area contributed by atoms with E-state index in [4.69, 9.17) is 0 Å². The van der Waals surface area contributed by atoms with Gasteiger partial charge in [-0.25, -0.2) is 0 Å². The molecule has 0 saturated carbocycles. The van der Waals surface area contributed by atoms with Crippen molar-refractivity contribution >= 4 is 28.8 Å². The van der Waals surface area contributed by atoms with Crippen LogP contribution in [0.3, 0.4) is 0 Å². The van der Waals surface area contributed by atoms with Crippen molar-refractivity contribution in [2.24, 2.45) is 7.05 Å². The van der Waals surface area contributed by atoms with Crippen LogP contribution < -0.4 is 4.90 Å². The highest BCUT2D eigenvalue weighted by molar-refractivity contribution is 6.09. The average Bonchev–Trinajstić information content (AvgIpc) is 3.15. The number of aryl methyl sites for hydroxylation is 1. The molecular formula is C19H16N2O2. The van der Waals surface area contributed by atoms with Gasteiger partial charge in [0.05, 0.1) is 5.92 Å². The number of fused-ring (bicyclic) bond motifs is 2. The lowest BCUT2D eigenvalue weighted by atomic mass is 10.0. The Morgan fingerprint density at radius 2 is 2.00 bits per heavy atom. The third kappa shape index (κ3) is 2.06. The van der Waals surface area contributed by atoms with Gasteiger partial charge in [0.15, 0.2) is 0 Å². The Morgan fingerprint density at radius 3 is 2.83 bits per heavy atom. The number of aromatic nitrogens is 1. The Morgan fingerprint density at radius 1 is 1.17 bits per heavy atom. The lowest BCUT2D eigenvalue weighted by Crippen LogP contribution is -2.30. The zero-order valence-electron chi connectivity index (χ0n) is 12.8. The fraction of sp³-hybridized carbons (Fsp3) is 0.158. The second-order valence-corrected chi connectivity index (χ2v) is 5.92. The van der Waals surface area contributed by atoms with Crippen molar-refractivity contribution in [1.29, 1.82) is 0 Å². The minimum atomic E-state index is -0.242. The van der Waals surface area contributed by atoms with E-state index in [0.717, 1.165) is 28.4 Å². The van der Waals surface area contributed by atoms with Crippen molar-refractivity contribution in [3.05, 3.63) is 65.9 Å². The molecule has 2 heterocycles. The van der Waals surface area contributed by atoms with Gasteiger partial charge in [-0.1, -0.05) is 24.3 Å². The van der Waals surface area contributed by atoms with Gasteiger partial charge in [0.1, 0.15) is 6.29 Å². The molecule has 1 amide bonds. The SMILES string of the molecule is Cn1ccc2ccc(C(=O)N3CC(C=O)c4ccccc43)cc21. The monoisotopic (exact) mass is 304 g/mol. The Balaban J connectivity index is 1.76. The predicted molar refractivity (Wildman–Crippen MR) is 89.8 cm³/mol. The maximum atomic E-state index is 12.9. The van der Waals surface area contributed by atoms with Gasteiger partial charge in [-0.3, -0.25) is 4.79 Å². The smallest absolute Gasteiger partial charge is 0.258 e. The number of anilines is 1. The Hall–Kier alpha value is -2.88. The third-order valence-electron chi connectivity index (χ3n) is 4.55. The highest BCUT2D eigenvalue weighted by atomic mass is 16.2. The third-order valence-corrected chi connectivity index (χ3v) is 4.55. The molecule has 0 saturated heterocycles. The van der Waals surface area contributed by atoms with Crippen molar-refractivity contribution in [1.82, 2.24) is 4.57 Å². The van der Waals surface area contributed by atoms with Gasteiger partial charge in [0.25, 0.3) is 5.91 Å². The van der Waals surface area contributed by atoms with Crippen LogP contribution in [0.1, 0.15) is 21.8 Å². The van der Waals surface area contributed by atoms with E-state index < -0.39 is 0 Å². The minimum Gasteiger partial charge on any atom is -0.351 e. The average molecular weight is 304 g/mol. The van der Waals surface area contributed by atoms with Gasteiger partial charge in [-0.15, -0.1) is 0 Å². The lowest BCUT2D eigenvalue weighted by Gasteiger charge is -2.17. The Bertz CT molecular complexity index is 926. The highest BCUT2D eigenvalue weighted by Crippen LogP contribution is 2.36. The molecular weight excluding hydrogens is 288 g/mol. The first-order valence-corrected chi connectivity index (χ1v) is 7.60. The quantitative estimate of drug-likeness (QED) is 0.683. The van der Waals surface area contributed by atoms with Crippen molar-refractivity contribution in [3.63, 3.8) is 0 Å². The molecule has 1 unspecified atom stereocenters. The first-order valence-electron chi connectivity index (χ1n) is 7.60. The summed E-state index contributed by atoms with van der Waals surface area (Å²) in [6.07, 6.45) is 2.90. The van der Waals surface area contributed by atoms with Crippen LogP contribution in [0.2, 0.25) is 0 Å². The van der Waals surface area contributed by atoms with Crippen molar-refractivity contribution in [2.45, 2.75) is 5.92 Å². The minimum absolute atomic E-state index is 0.0649. The second kappa shape index (κ2) is 5.09. The van der Waals surface area contributed by atoms with Crippen LogP contribution in [0.15, 0.2) is 54.7 Å². The summed E-state index contributed by atoms with van der Waals surface area (Å²) in [5, 5.41) is 1.11. The molecule has 1 atom stereocenters. The molecule has 0 radical (unpaired) electrons. The molecule has 0 fully saturated rings. The van der Waals surface area contributed by atoms with Gasteiger partial charge in [-0.05, 0) is 35.2 Å². The van der Waals surface area contributed by atoms with Crippen molar-refractivity contribution < 1.29 is 9.59 Å². The first-order chi connectivity index (χ1) is 11.2. The molecule has 4 heteroatoms. The zero-order chi connectivity index (χ0) is 16.0. The van der Waals surface area contributed by atoms with E-state index in [9.17, 15) is 9.59 Å². The van der Waals surface area contributed by atoms with Crippen LogP contribution in [-0.2, 0) is 11.8 Å². The summed E-state index contributed by atoms with van der Waals surface area (Å²) in [5.74, 6) is -0.307. The number of aldehydes is 1. The zero-order valence-corrected chi connectivity index (χ0v) is 12.8. The van der Waals surface area contributed by atoms with Crippen LogP contribution in [0, 0.1) is 0 Å². The fourth-order valence-corrected chi connectivity index (χ4v) is 3.30. The summed E-state index contributed by atoms with van der Waals surface area (Å²) in [7, 11) is 1.96. The highest BCUT2D eigenvalue weighted by Gasteiger charge is 2.32. The first kappa shape index (κ1) is 13.8. The standard InChI is InChI=1S/C19H16N2O2/c1-20-9-8-13-6-7-14(10-18(13)20)19(23)21-11-15(12-22)16-4-2-3-5-17(16)21/h2-10,12,15H,11H2,1H3. The molecule has 0 aliphatic carbocycles. The van der Waals surface area contributed by atoms with Gasteiger partial charge >= 0.3 is 0 Å². The van der Waals surface area contributed by atoms with Crippen LogP contribution in [0.4, 0.5) is 5.69 Å². The van der Waals surface area contributed by atoms with E-state index in [1.165, 1.54) is 0 Å². The van der Waals surface area contributed by atoms with E-state index in [0.29, 0.717) is 12.1 Å². The number of nitrogens with zero attached hydrogens (tertiary/aromatic N) is 2. The molecule has 4 nitrogen and oxygen atoms in total. The number of benzene rings is 2. The van der Waals surface area contributed by atoms with Crippen LogP contribution in [-0.4, -0.2) is 23.3 Å². The molecule has 1 aromatic heterocycles. The topological polar surface area (TPSA) is 42.3 Å². The summed E-state index contributed by atoms with van der Waals surface area (Å²) >= 11 is 0. The van der Waals surface area contributed by atoms with E-state index in [-0.39, 0.29) is 11.8 Å². The van der Waals surface area contributed by atoms with E-state index >= 15 is 0 Å². The number of amides is 1. The summed E-state index contributed by atoms with van der Waals surface area (Å²) in [5.41, 5.74) is 3.42. The number of para-hydroxylation sites is 1. The van der Waals surface area contributed by atoms with Crippen LogP contribution in [0.5, 0.6) is 0 Å². The van der Waals surface area contributed by atoms with E-state index in [1.807, 2.05) is 66.3 Å². The molecule has 2 aromatic carbocycles. The maximum absolute atomic E-state index is 12.9. The predicted octanol–water partition coefficient (Wildman–Crippen LogP) is 3.12. The molecule has 23 heavy (non-hydrogen) atoms. The molecule has 0 bridgehead atoms. The van der Waals surface area contributed by atoms with Gasteiger partial charge in [-0.2, -0.15) is 0 Å². The van der Waals surface area contributed by atoms with Crippen molar-refractivity contribution in [2.75, 3.05) is 11.4 Å². The molecule has 114 valence electrons. The number of carbonyl (C=O) groups is 2. The molecule has 4 rings (SSSR count). The number of hydrogen-bond donors (Lipinski definition) is 0. The molecule has 0 spiro atoms. The van der Waals surface area contributed by atoms with E-state index in [2.05, 4.69) is 0 Å². The molecule has 3 aromatic rings. The molecule has 0 N–H and O–H groups in total. The summed E-state index contributed by atoms with van der Waals surface area (Å²) < 4.78 is 2.00. The number of carbonyl (C=O) groups excluding carboxylic acids is 2. The summed E-state index contributed by atoms with van der Waals surface area (Å²) in [6.45, 7) is 0.410. The Kier molecular flexibility index (Phi) is 3.05. The van der Waals surface area contributed by atoms with Gasteiger partial charge in [0.2, 0.25) is 0 Å². The summed E-state index contributed by atoms with van der Waals surface area (Å²) in [4.78, 5) is 26.0. The lowest BCUT2D eigenvalue weighted by molar-refractivity contribution is -0.108. The number of hydrogen-bond acceptors (Lipinski definition) is 2. The second-order valence-electron chi connectivity index (χ2n) is 5.92. The van der Waals surface area contributed by atoms with Crippen LogP contribution in [0.25, 0.3) is 10.9 Å². The molecule has 1 aliphatic rings.